The molecule has 0 amide bonds. The van der Waals surface area contributed by atoms with Crippen molar-refractivity contribution in [2.45, 2.75) is 36.9 Å². The zero-order chi connectivity index (χ0) is 14.7. The van der Waals surface area contributed by atoms with Crippen molar-refractivity contribution >= 4 is 21.4 Å². The summed E-state index contributed by atoms with van der Waals surface area (Å²) in [7, 11) is -2.16. The van der Waals surface area contributed by atoms with Crippen molar-refractivity contribution in [1.29, 1.82) is 0 Å². The number of methoxy groups -OCH3 is 1. The van der Waals surface area contributed by atoms with Crippen molar-refractivity contribution in [3.8, 4) is 5.75 Å². The number of hydrogen-bond acceptors (Lipinski definition) is 5. The Bertz CT molecular complexity index is 511. The number of thiophene rings is 1. The minimum atomic E-state index is -3.61. The lowest BCUT2D eigenvalue weighted by Gasteiger charge is -2.30. The highest BCUT2D eigenvalue weighted by Gasteiger charge is 2.32. The van der Waals surface area contributed by atoms with E-state index in [2.05, 4.69) is 4.72 Å². The molecule has 19 heavy (non-hydrogen) atoms. The zero-order valence-corrected chi connectivity index (χ0v) is 13.4. The molecule has 0 aliphatic heterocycles. The standard InChI is InChI=1S/C12H22N2O3S2/c1-9(2)7-12(3,8-13)14-19(15,16)11-10(17-4)5-6-18-11/h5-6,9,14H,7-8,13H2,1-4H3. The maximum Gasteiger partial charge on any atom is 0.254 e. The number of nitrogens with two attached hydrogens (primary N) is 1. The van der Waals surface area contributed by atoms with E-state index in [1.165, 1.54) is 7.11 Å². The van der Waals surface area contributed by atoms with Gasteiger partial charge in [-0.15, -0.1) is 11.3 Å². The Morgan fingerprint density at radius 1 is 1.53 bits per heavy atom. The second kappa shape index (κ2) is 6.21. The molecule has 0 aliphatic rings. The number of rotatable bonds is 7. The van der Waals surface area contributed by atoms with Crippen LogP contribution in [0.25, 0.3) is 0 Å². The minimum absolute atomic E-state index is 0.193. The van der Waals surface area contributed by atoms with Gasteiger partial charge in [0.05, 0.1) is 7.11 Å². The molecular formula is C12H22N2O3S2. The highest BCUT2D eigenvalue weighted by molar-refractivity contribution is 7.91. The molecule has 1 rings (SSSR count). The van der Waals surface area contributed by atoms with Crippen LogP contribution in [0.15, 0.2) is 15.7 Å². The Morgan fingerprint density at radius 2 is 2.16 bits per heavy atom. The van der Waals surface area contributed by atoms with Gasteiger partial charge in [0, 0.05) is 12.1 Å². The van der Waals surface area contributed by atoms with Crippen molar-refractivity contribution in [1.82, 2.24) is 4.72 Å². The first kappa shape index (κ1) is 16.4. The predicted octanol–water partition coefficient (Wildman–Crippen LogP) is 1.80. The van der Waals surface area contributed by atoms with Crippen molar-refractivity contribution < 1.29 is 13.2 Å². The average Bonchev–Trinajstić information content (AvgIpc) is 2.75. The fourth-order valence-electron chi connectivity index (χ4n) is 2.07. The Morgan fingerprint density at radius 3 is 2.63 bits per heavy atom. The monoisotopic (exact) mass is 306 g/mol. The maximum atomic E-state index is 12.4. The summed E-state index contributed by atoms with van der Waals surface area (Å²) < 4.78 is 32.7. The first-order valence-corrected chi connectivity index (χ1v) is 8.46. The summed E-state index contributed by atoms with van der Waals surface area (Å²) in [5.74, 6) is 0.711. The minimum Gasteiger partial charge on any atom is -0.494 e. The molecule has 0 aliphatic carbocycles. The first-order chi connectivity index (χ1) is 8.74. The second-order valence-corrected chi connectivity index (χ2v) is 8.04. The lowest BCUT2D eigenvalue weighted by Crippen LogP contribution is -2.51. The van der Waals surface area contributed by atoms with Gasteiger partial charge >= 0.3 is 0 Å². The van der Waals surface area contributed by atoms with Crippen LogP contribution in [0.1, 0.15) is 27.2 Å². The van der Waals surface area contributed by atoms with Crippen molar-refractivity contribution in [2.75, 3.05) is 13.7 Å². The lowest BCUT2D eigenvalue weighted by molar-refractivity contribution is 0.344. The van der Waals surface area contributed by atoms with Crippen LogP contribution >= 0.6 is 11.3 Å². The van der Waals surface area contributed by atoms with Crippen LogP contribution in [-0.4, -0.2) is 27.6 Å². The van der Waals surface area contributed by atoms with E-state index in [1.54, 1.807) is 11.4 Å². The third kappa shape index (κ3) is 4.17. The Kier molecular flexibility index (Phi) is 5.37. The average molecular weight is 306 g/mol. The third-order valence-corrected chi connectivity index (χ3v) is 5.83. The van der Waals surface area contributed by atoms with Gasteiger partial charge in [-0.2, -0.15) is 0 Å². The molecule has 0 fully saturated rings. The molecule has 1 unspecified atom stereocenters. The highest BCUT2D eigenvalue weighted by Crippen LogP contribution is 2.30. The van der Waals surface area contributed by atoms with Gasteiger partial charge in [0.25, 0.3) is 10.0 Å². The smallest absolute Gasteiger partial charge is 0.254 e. The fraction of sp³-hybridized carbons (Fsp3) is 0.667. The molecule has 0 bridgehead atoms. The third-order valence-electron chi connectivity index (χ3n) is 2.75. The molecule has 0 aromatic carbocycles. The predicted molar refractivity (Wildman–Crippen MR) is 78.1 cm³/mol. The van der Waals surface area contributed by atoms with Crippen LogP contribution in [0.3, 0.4) is 0 Å². The van der Waals surface area contributed by atoms with E-state index < -0.39 is 15.6 Å². The molecule has 1 aromatic rings. The Balaban J connectivity index is 3.02. The summed E-state index contributed by atoms with van der Waals surface area (Å²) in [5.41, 5.74) is 5.08. The number of ether oxygens (including phenoxy) is 1. The molecule has 110 valence electrons. The molecule has 1 atom stereocenters. The van der Waals surface area contributed by atoms with E-state index in [9.17, 15) is 8.42 Å². The molecule has 5 nitrogen and oxygen atoms in total. The van der Waals surface area contributed by atoms with E-state index in [-0.39, 0.29) is 10.8 Å². The number of hydrogen-bond donors (Lipinski definition) is 2. The van der Waals surface area contributed by atoms with Gasteiger partial charge in [-0.05, 0) is 30.7 Å². The summed E-state index contributed by atoms with van der Waals surface area (Å²) in [6.45, 7) is 6.14. The molecule has 1 aromatic heterocycles. The van der Waals surface area contributed by atoms with E-state index in [0.29, 0.717) is 18.1 Å². The highest BCUT2D eigenvalue weighted by atomic mass is 32.2. The van der Waals surface area contributed by atoms with E-state index in [1.807, 2.05) is 20.8 Å². The normalized spacial score (nSPS) is 15.5. The molecule has 1 heterocycles. The number of sulfonamides is 1. The lowest BCUT2D eigenvalue weighted by atomic mass is 9.92. The quantitative estimate of drug-likeness (QED) is 0.805. The van der Waals surface area contributed by atoms with Crippen LogP contribution in [0.5, 0.6) is 5.75 Å². The van der Waals surface area contributed by atoms with Gasteiger partial charge in [0.1, 0.15) is 5.75 Å². The molecule has 0 radical (unpaired) electrons. The Labute approximate surface area is 119 Å². The van der Waals surface area contributed by atoms with E-state index >= 15 is 0 Å². The summed E-state index contributed by atoms with van der Waals surface area (Å²) in [6, 6.07) is 1.64. The molecular weight excluding hydrogens is 284 g/mol. The molecule has 0 saturated carbocycles. The number of nitrogens with one attached hydrogen (secondary N) is 1. The van der Waals surface area contributed by atoms with E-state index in [4.69, 9.17) is 10.5 Å². The van der Waals surface area contributed by atoms with Crippen LogP contribution in [0.4, 0.5) is 0 Å². The zero-order valence-electron chi connectivity index (χ0n) is 11.8. The van der Waals surface area contributed by atoms with Crippen LogP contribution < -0.4 is 15.2 Å². The topological polar surface area (TPSA) is 81.4 Å². The van der Waals surface area contributed by atoms with Crippen LogP contribution in [0.2, 0.25) is 0 Å². The van der Waals surface area contributed by atoms with Crippen molar-refractivity contribution in [3.05, 3.63) is 11.4 Å². The van der Waals surface area contributed by atoms with Gasteiger partial charge in [0.2, 0.25) is 0 Å². The van der Waals surface area contributed by atoms with Gasteiger partial charge in [-0.1, -0.05) is 13.8 Å². The molecule has 0 spiro atoms. The molecule has 7 heteroatoms. The van der Waals surface area contributed by atoms with Gasteiger partial charge < -0.3 is 10.5 Å². The molecule has 3 N–H and O–H groups in total. The summed E-state index contributed by atoms with van der Waals surface area (Å²) in [5, 5.41) is 1.69. The summed E-state index contributed by atoms with van der Waals surface area (Å²) in [4.78, 5) is 0. The van der Waals surface area contributed by atoms with Gasteiger partial charge in [-0.3, -0.25) is 0 Å². The summed E-state index contributed by atoms with van der Waals surface area (Å²) in [6.07, 6.45) is 0.677. The SMILES string of the molecule is COc1ccsc1S(=O)(=O)NC(C)(CN)CC(C)C. The van der Waals surface area contributed by atoms with Crippen LogP contribution in [0, 0.1) is 5.92 Å². The summed E-state index contributed by atoms with van der Waals surface area (Å²) >= 11 is 1.13. The van der Waals surface area contributed by atoms with Crippen molar-refractivity contribution in [3.63, 3.8) is 0 Å². The van der Waals surface area contributed by atoms with Crippen molar-refractivity contribution in [2.24, 2.45) is 11.7 Å². The molecule has 0 saturated heterocycles. The second-order valence-electron chi connectivity index (χ2n) is 5.24. The fourth-order valence-corrected chi connectivity index (χ4v) is 4.77. The van der Waals surface area contributed by atoms with E-state index in [0.717, 1.165) is 11.3 Å². The Hall–Kier alpha value is -0.630. The maximum absolute atomic E-state index is 12.4. The van der Waals surface area contributed by atoms with Gasteiger partial charge in [-0.25, -0.2) is 13.1 Å². The largest absolute Gasteiger partial charge is 0.494 e. The van der Waals surface area contributed by atoms with Crippen LogP contribution in [-0.2, 0) is 10.0 Å². The van der Waals surface area contributed by atoms with Gasteiger partial charge in [0.15, 0.2) is 4.21 Å². The first-order valence-electron chi connectivity index (χ1n) is 6.09.